The standard InChI is InChI=1S/C45H70N4O7S/c1-9-30-25-43(30,39(54)47-57(55,56)31-18-19-31)27-35(51)33-26-45(42(7,8)44(45)20-15-21-44)28-49(33)37(52)32(40(2,3)4)24-34(50)36(29-16-11-10-12-17-29)46-38(53)41(5,6)48-22-13-14-23-48/h9,29-33,36H,1,10-28H2,2-8H3,(H,46,53)(H,47,54)/t30-,32-,33+,36+,43-,45-/m1/s1. The maximum Gasteiger partial charge on any atom is 0.240 e. The fourth-order valence-corrected chi connectivity index (χ4v) is 13.8. The summed E-state index contributed by atoms with van der Waals surface area (Å²) in [6.45, 7) is 20.3. The fourth-order valence-electron chi connectivity index (χ4n) is 12.4. The number of rotatable bonds is 15. The number of amides is 3. The molecular weight excluding hydrogens is 741 g/mol. The van der Waals surface area contributed by atoms with Gasteiger partial charge in [0.05, 0.1) is 28.3 Å². The van der Waals surface area contributed by atoms with Crippen molar-refractivity contribution in [2.75, 3.05) is 19.6 Å². The highest BCUT2D eigenvalue weighted by Gasteiger charge is 2.85. The number of hydrogen-bond donors (Lipinski definition) is 2. The first kappa shape index (κ1) is 42.5. The first-order valence-corrected chi connectivity index (χ1v) is 23.7. The van der Waals surface area contributed by atoms with Crippen LogP contribution in [0.1, 0.15) is 151 Å². The van der Waals surface area contributed by atoms with E-state index in [9.17, 15) is 27.6 Å². The number of allylic oxidation sites excluding steroid dienone is 1. The summed E-state index contributed by atoms with van der Waals surface area (Å²) in [7, 11) is -3.82. The summed E-state index contributed by atoms with van der Waals surface area (Å²) in [5.74, 6) is -2.46. The van der Waals surface area contributed by atoms with Crippen LogP contribution in [0.5, 0.6) is 0 Å². The minimum Gasteiger partial charge on any atom is -0.344 e. The summed E-state index contributed by atoms with van der Waals surface area (Å²) in [5, 5.41) is 2.66. The van der Waals surface area contributed by atoms with Crippen molar-refractivity contribution >= 4 is 39.3 Å². The zero-order valence-electron chi connectivity index (χ0n) is 35.8. The van der Waals surface area contributed by atoms with E-state index in [1.54, 1.807) is 11.0 Å². The predicted molar refractivity (Wildman–Crippen MR) is 219 cm³/mol. The molecule has 7 fully saturated rings. The lowest BCUT2D eigenvalue weighted by atomic mass is 9.73. The van der Waals surface area contributed by atoms with Crippen LogP contribution in [0.25, 0.3) is 0 Å². The van der Waals surface area contributed by atoms with Crippen LogP contribution in [0, 0.1) is 44.8 Å². The van der Waals surface area contributed by atoms with Gasteiger partial charge in [0.15, 0.2) is 11.6 Å². The van der Waals surface area contributed by atoms with Crippen LogP contribution >= 0.6 is 0 Å². The molecule has 7 aliphatic rings. The van der Waals surface area contributed by atoms with Crippen LogP contribution in [0.3, 0.4) is 0 Å². The Morgan fingerprint density at radius 2 is 1.49 bits per heavy atom. The third kappa shape index (κ3) is 7.06. The van der Waals surface area contributed by atoms with Crippen LogP contribution in [-0.2, 0) is 34.0 Å². The van der Waals surface area contributed by atoms with Crippen molar-refractivity contribution in [3.8, 4) is 0 Å². The molecule has 6 atom stereocenters. The molecule has 57 heavy (non-hydrogen) atoms. The van der Waals surface area contributed by atoms with Crippen LogP contribution < -0.4 is 10.0 Å². The molecule has 2 heterocycles. The van der Waals surface area contributed by atoms with Crippen molar-refractivity contribution in [2.24, 2.45) is 44.8 Å². The Labute approximate surface area is 341 Å². The van der Waals surface area contributed by atoms with E-state index in [1.807, 2.05) is 34.6 Å². The number of ketones is 2. The number of carbonyl (C=O) groups is 5. The summed E-state index contributed by atoms with van der Waals surface area (Å²) in [6, 6.07) is -1.49. The molecule has 2 aliphatic heterocycles. The second-order valence-electron chi connectivity index (χ2n) is 21.5. The Morgan fingerprint density at radius 1 is 0.860 bits per heavy atom. The summed E-state index contributed by atoms with van der Waals surface area (Å²) in [5.41, 5.74) is -2.93. The van der Waals surface area contributed by atoms with Gasteiger partial charge in [-0.3, -0.25) is 33.6 Å². The van der Waals surface area contributed by atoms with Crippen molar-refractivity contribution in [3.05, 3.63) is 12.7 Å². The lowest BCUT2D eigenvalue weighted by Gasteiger charge is -2.39. The molecule has 0 aromatic rings. The second kappa shape index (κ2) is 14.5. The van der Waals surface area contributed by atoms with Crippen molar-refractivity contribution in [2.45, 2.75) is 174 Å². The predicted octanol–water partition coefficient (Wildman–Crippen LogP) is 6.10. The number of Topliss-reactive ketones (excluding diaryl/α,β-unsaturated/α-hetero) is 2. The summed E-state index contributed by atoms with van der Waals surface area (Å²) in [6.07, 6.45) is 13.4. The minimum absolute atomic E-state index is 0.00201. The van der Waals surface area contributed by atoms with Gasteiger partial charge in [0, 0.05) is 30.7 Å². The normalized spacial score (nSPS) is 32.0. The lowest BCUT2D eigenvalue weighted by molar-refractivity contribution is -0.147. The lowest BCUT2D eigenvalue weighted by Crippen LogP contribution is -2.59. The molecule has 0 radical (unpaired) electrons. The maximum atomic E-state index is 15.3. The quantitative estimate of drug-likeness (QED) is 0.189. The molecule has 0 aromatic carbocycles. The number of nitrogens with zero attached hydrogens (tertiary/aromatic N) is 2. The van der Waals surface area contributed by atoms with Gasteiger partial charge in [-0.05, 0) is 119 Å². The highest BCUT2D eigenvalue weighted by Crippen LogP contribution is 2.88. The molecule has 2 N–H and O–H groups in total. The molecular formula is C45H70N4O7S. The molecule has 5 saturated carbocycles. The second-order valence-corrected chi connectivity index (χ2v) is 23.5. The van der Waals surface area contributed by atoms with Gasteiger partial charge in [-0.25, -0.2) is 8.42 Å². The number of hydrogen-bond acceptors (Lipinski definition) is 8. The largest absolute Gasteiger partial charge is 0.344 e. The van der Waals surface area contributed by atoms with Gasteiger partial charge in [-0.1, -0.05) is 66.4 Å². The summed E-state index contributed by atoms with van der Waals surface area (Å²) >= 11 is 0. The van der Waals surface area contributed by atoms with Gasteiger partial charge < -0.3 is 10.2 Å². The zero-order valence-corrected chi connectivity index (χ0v) is 36.7. The average Bonchev–Trinajstić information content (AvgIpc) is 4.05. The van der Waals surface area contributed by atoms with Crippen molar-refractivity contribution in [1.82, 2.24) is 19.8 Å². The topological polar surface area (TPSA) is 150 Å². The number of sulfonamides is 1. The SMILES string of the molecule is C=C[C@@H]1C[C@]1(CC(=O)[C@@H]1C[C@@]2(CN1C(=O)[C@@H](CC(=O)[C@@H](NC(=O)C(C)(C)N1CCCC1)C1CCCCC1)C(C)(C)C)C(C)(C)C21CCC1)C(=O)NS(=O)(=O)C1CC1. The Kier molecular flexibility index (Phi) is 10.9. The third-order valence-electron chi connectivity index (χ3n) is 17.0. The van der Waals surface area contributed by atoms with E-state index in [1.165, 1.54) is 0 Å². The van der Waals surface area contributed by atoms with E-state index in [-0.39, 0.29) is 64.3 Å². The van der Waals surface area contributed by atoms with Crippen molar-refractivity contribution in [1.29, 1.82) is 0 Å². The van der Waals surface area contributed by atoms with Gasteiger partial charge in [-0.2, -0.15) is 0 Å². The summed E-state index contributed by atoms with van der Waals surface area (Å²) in [4.78, 5) is 76.6. The molecule has 318 valence electrons. The van der Waals surface area contributed by atoms with Gasteiger partial charge >= 0.3 is 0 Å². The molecule has 5 aliphatic carbocycles. The first-order chi connectivity index (χ1) is 26.6. The maximum absolute atomic E-state index is 15.3. The zero-order chi connectivity index (χ0) is 41.6. The summed E-state index contributed by atoms with van der Waals surface area (Å²) < 4.78 is 28.0. The van der Waals surface area contributed by atoms with E-state index in [0.717, 1.165) is 77.3 Å². The molecule has 7 rings (SSSR count). The molecule has 12 heteroatoms. The fraction of sp³-hybridized carbons (Fsp3) is 0.844. The van der Waals surface area contributed by atoms with Crippen LogP contribution in [0.4, 0.5) is 0 Å². The molecule has 0 aromatic heterocycles. The van der Waals surface area contributed by atoms with Gasteiger partial charge in [0.1, 0.15) is 0 Å². The van der Waals surface area contributed by atoms with Gasteiger partial charge in [-0.15, -0.1) is 6.58 Å². The number of carbonyl (C=O) groups excluding carboxylic acids is 5. The number of likely N-dealkylation sites (tertiary alicyclic amines) is 2. The Hall–Kier alpha value is -2.60. The minimum atomic E-state index is -3.82. The average molecular weight is 811 g/mol. The van der Waals surface area contributed by atoms with Gasteiger partial charge in [0.2, 0.25) is 27.7 Å². The van der Waals surface area contributed by atoms with Gasteiger partial charge in [0.25, 0.3) is 0 Å². The van der Waals surface area contributed by atoms with Crippen molar-refractivity contribution in [3.63, 3.8) is 0 Å². The molecule has 2 spiro atoms. The Balaban J connectivity index is 1.16. The van der Waals surface area contributed by atoms with Crippen LogP contribution in [0.15, 0.2) is 12.7 Å². The molecule has 11 nitrogen and oxygen atoms in total. The Morgan fingerprint density at radius 3 is 2.00 bits per heavy atom. The van der Waals surface area contributed by atoms with Crippen molar-refractivity contribution < 1.29 is 32.4 Å². The highest BCUT2D eigenvalue weighted by molar-refractivity contribution is 7.90. The van der Waals surface area contributed by atoms with E-state index < -0.39 is 55.6 Å². The Bertz CT molecular complexity index is 1780. The number of fused-ring (bicyclic) bond motifs is 1. The highest BCUT2D eigenvalue weighted by atomic mass is 32.2. The van der Waals surface area contributed by atoms with Crippen LogP contribution in [0.2, 0.25) is 0 Å². The van der Waals surface area contributed by atoms with E-state index in [2.05, 4.69) is 35.4 Å². The van der Waals surface area contributed by atoms with E-state index in [4.69, 9.17) is 0 Å². The molecule has 0 unspecified atom stereocenters. The van der Waals surface area contributed by atoms with Crippen LogP contribution in [-0.4, -0.2) is 90.0 Å². The van der Waals surface area contributed by atoms with E-state index in [0.29, 0.717) is 32.2 Å². The van der Waals surface area contributed by atoms with E-state index >= 15 is 4.79 Å². The molecule has 0 bridgehead atoms. The number of nitrogens with one attached hydrogen (secondary N) is 2. The molecule has 2 saturated heterocycles. The molecule has 3 amide bonds. The first-order valence-electron chi connectivity index (χ1n) is 22.2. The third-order valence-corrected chi connectivity index (χ3v) is 18.8. The smallest absolute Gasteiger partial charge is 0.240 e. The monoisotopic (exact) mass is 810 g/mol.